The van der Waals surface area contributed by atoms with Crippen LogP contribution >= 0.6 is 23.2 Å². The number of hydrogen-bond acceptors (Lipinski definition) is 5. The van der Waals surface area contributed by atoms with Crippen molar-refractivity contribution in [1.82, 2.24) is 9.78 Å². The van der Waals surface area contributed by atoms with Crippen LogP contribution in [-0.4, -0.2) is 36.1 Å². The summed E-state index contributed by atoms with van der Waals surface area (Å²) in [6.07, 6.45) is -3.83. The van der Waals surface area contributed by atoms with E-state index in [1.54, 1.807) is 18.2 Å². The van der Waals surface area contributed by atoms with E-state index in [0.717, 1.165) is 10.9 Å². The third-order valence-corrected chi connectivity index (χ3v) is 6.02. The van der Waals surface area contributed by atoms with Crippen molar-refractivity contribution in [2.75, 3.05) is 24.9 Å². The van der Waals surface area contributed by atoms with Gasteiger partial charge in [0.05, 0.1) is 37.2 Å². The van der Waals surface area contributed by atoms with E-state index >= 15 is 0 Å². The summed E-state index contributed by atoms with van der Waals surface area (Å²) >= 11 is 12.0. The van der Waals surface area contributed by atoms with E-state index in [1.807, 2.05) is 0 Å². The number of fused-ring (bicyclic) bond motifs is 1. The summed E-state index contributed by atoms with van der Waals surface area (Å²) in [6, 6.07) is 6.61. The van der Waals surface area contributed by atoms with Crippen LogP contribution in [0.1, 0.15) is 34.4 Å². The van der Waals surface area contributed by atoms with Gasteiger partial charge in [-0.1, -0.05) is 29.3 Å². The maximum absolute atomic E-state index is 14.0. The number of anilines is 2. The Labute approximate surface area is 202 Å². The van der Waals surface area contributed by atoms with Crippen LogP contribution in [-0.2, 0) is 0 Å². The summed E-state index contributed by atoms with van der Waals surface area (Å²) in [4.78, 5) is 13.0. The standard InChI is InChI=1S/C22H19Cl2F3N4O3/c1-33-17-6-3-11(7-18(17)34-2)16-9-19(22(25,26)27)31-20(29-16)13(10-28-31)21(32)30-15-5-4-12(23)8-14(15)24/h3-8,10,16,19,29H,9H2,1-2H3,(H,30,32). The predicted octanol–water partition coefficient (Wildman–Crippen LogP) is 6.12. The Morgan fingerprint density at radius 2 is 1.88 bits per heavy atom. The second kappa shape index (κ2) is 9.27. The molecule has 34 heavy (non-hydrogen) atoms. The van der Waals surface area contributed by atoms with Crippen molar-refractivity contribution < 1.29 is 27.4 Å². The Morgan fingerprint density at radius 1 is 1.15 bits per heavy atom. The van der Waals surface area contributed by atoms with E-state index in [4.69, 9.17) is 32.7 Å². The van der Waals surface area contributed by atoms with Crippen molar-refractivity contribution in [3.05, 3.63) is 63.8 Å². The number of rotatable bonds is 5. The zero-order chi connectivity index (χ0) is 24.6. The van der Waals surface area contributed by atoms with E-state index in [1.165, 1.54) is 32.4 Å². The molecule has 0 saturated carbocycles. The number of carbonyl (C=O) groups excluding carboxylic acids is 1. The minimum Gasteiger partial charge on any atom is -0.493 e. The number of hydrogen-bond donors (Lipinski definition) is 2. The fourth-order valence-electron chi connectivity index (χ4n) is 3.80. The first-order chi connectivity index (χ1) is 16.1. The molecule has 2 atom stereocenters. The van der Waals surface area contributed by atoms with Crippen molar-refractivity contribution >= 4 is 40.6 Å². The van der Waals surface area contributed by atoms with Gasteiger partial charge in [0.15, 0.2) is 17.5 Å². The van der Waals surface area contributed by atoms with Crippen LogP contribution in [0.25, 0.3) is 0 Å². The lowest BCUT2D eigenvalue weighted by Gasteiger charge is -2.34. The second-order valence-electron chi connectivity index (χ2n) is 7.53. The van der Waals surface area contributed by atoms with Gasteiger partial charge in [0, 0.05) is 11.4 Å². The molecule has 0 aliphatic carbocycles. The molecule has 0 fully saturated rings. The van der Waals surface area contributed by atoms with Gasteiger partial charge in [0.2, 0.25) is 0 Å². The zero-order valence-electron chi connectivity index (χ0n) is 17.9. The molecule has 12 heteroatoms. The van der Waals surface area contributed by atoms with Crippen LogP contribution in [0.15, 0.2) is 42.6 Å². The van der Waals surface area contributed by atoms with Gasteiger partial charge >= 0.3 is 6.18 Å². The second-order valence-corrected chi connectivity index (χ2v) is 8.38. The monoisotopic (exact) mass is 514 g/mol. The molecule has 2 heterocycles. The van der Waals surface area contributed by atoms with Crippen LogP contribution in [0.5, 0.6) is 11.5 Å². The molecule has 7 nitrogen and oxygen atoms in total. The molecular formula is C22H19Cl2F3N4O3. The van der Waals surface area contributed by atoms with Crippen molar-refractivity contribution in [3.8, 4) is 11.5 Å². The highest BCUT2D eigenvalue weighted by Gasteiger charge is 2.47. The van der Waals surface area contributed by atoms with Gasteiger partial charge in [-0.05, 0) is 35.9 Å². The average molecular weight is 515 g/mol. The SMILES string of the molecule is COc1ccc(C2CC(C(F)(F)F)n3ncc(C(=O)Nc4ccc(Cl)cc4Cl)c3N2)cc1OC. The quantitative estimate of drug-likeness (QED) is 0.428. The van der Waals surface area contributed by atoms with Crippen LogP contribution < -0.4 is 20.1 Å². The number of halogens is 5. The summed E-state index contributed by atoms with van der Waals surface area (Å²) in [7, 11) is 2.90. The molecule has 0 bridgehead atoms. The molecule has 2 aromatic carbocycles. The van der Waals surface area contributed by atoms with E-state index in [9.17, 15) is 18.0 Å². The van der Waals surface area contributed by atoms with E-state index in [0.29, 0.717) is 22.1 Å². The largest absolute Gasteiger partial charge is 0.493 e. The fraction of sp³-hybridized carbons (Fsp3) is 0.273. The number of benzene rings is 2. The number of amides is 1. The number of aromatic nitrogens is 2. The zero-order valence-corrected chi connectivity index (χ0v) is 19.4. The van der Waals surface area contributed by atoms with Crippen molar-refractivity contribution in [1.29, 1.82) is 0 Å². The van der Waals surface area contributed by atoms with Crippen molar-refractivity contribution in [2.45, 2.75) is 24.7 Å². The summed E-state index contributed by atoms with van der Waals surface area (Å²) < 4.78 is 53.2. The third-order valence-electron chi connectivity index (χ3n) is 5.47. The smallest absolute Gasteiger partial charge is 0.410 e. The van der Waals surface area contributed by atoms with Gasteiger partial charge < -0.3 is 20.1 Å². The Kier molecular flexibility index (Phi) is 6.55. The van der Waals surface area contributed by atoms with Crippen LogP contribution in [0.2, 0.25) is 10.0 Å². The number of nitrogens with one attached hydrogen (secondary N) is 2. The molecule has 1 aromatic heterocycles. The topological polar surface area (TPSA) is 77.4 Å². The molecule has 1 amide bonds. The number of carbonyl (C=O) groups is 1. The van der Waals surface area contributed by atoms with E-state index in [2.05, 4.69) is 15.7 Å². The molecule has 2 unspecified atom stereocenters. The molecule has 180 valence electrons. The Hall–Kier alpha value is -3.11. The van der Waals surface area contributed by atoms with Crippen molar-refractivity contribution in [3.63, 3.8) is 0 Å². The van der Waals surface area contributed by atoms with Crippen LogP contribution in [0.4, 0.5) is 24.7 Å². The minimum absolute atomic E-state index is 0.0593. The van der Waals surface area contributed by atoms with Crippen LogP contribution in [0.3, 0.4) is 0 Å². The average Bonchev–Trinajstić information content (AvgIpc) is 3.23. The first kappa shape index (κ1) is 24.0. The summed E-state index contributed by atoms with van der Waals surface area (Å²) in [5.74, 6) is 0.0852. The van der Waals surface area contributed by atoms with Crippen molar-refractivity contribution in [2.24, 2.45) is 0 Å². The molecule has 1 aliphatic rings. The summed E-state index contributed by atoms with van der Waals surface area (Å²) in [5.41, 5.74) is 0.729. The number of ether oxygens (including phenoxy) is 2. The molecule has 0 spiro atoms. The molecule has 4 rings (SSSR count). The number of nitrogens with zero attached hydrogens (tertiary/aromatic N) is 2. The lowest BCUT2D eigenvalue weighted by atomic mass is 9.96. The number of methoxy groups -OCH3 is 2. The maximum atomic E-state index is 14.0. The van der Waals surface area contributed by atoms with Gasteiger partial charge in [0.1, 0.15) is 11.4 Å². The fourth-order valence-corrected chi connectivity index (χ4v) is 4.25. The third kappa shape index (κ3) is 4.60. The Balaban J connectivity index is 1.70. The van der Waals surface area contributed by atoms with E-state index in [-0.39, 0.29) is 28.5 Å². The van der Waals surface area contributed by atoms with Gasteiger partial charge in [0.25, 0.3) is 5.91 Å². The molecule has 0 radical (unpaired) electrons. The highest BCUT2D eigenvalue weighted by molar-refractivity contribution is 6.36. The minimum atomic E-state index is -4.59. The van der Waals surface area contributed by atoms with Gasteiger partial charge in [-0.3, -0.25) is 4.79 Å². The Bertz CT molecular complexity index is 1230. The lowest BCUT2D eigenvalue weighted by molar-refractivity contribution is -0.173. The number of alkyl halides is 3. The first-order valence-corrected chi connectivity index (χ1v) is 10.8. The maximum Gasteiger partial charge on any atom is 0.410 e. The van der Waals surface area contributed by atoms with Crippen LogP contribution in [0, 0.1) is 0 Å². The molecule has 1 aliphatic heterocycles. The Morgan fingerprint density at radius 3 is 2.53 bits per heavy atom. The first-order valence-electron chi connectivity index (χ1n) is 10.0. The summed E-state index contributed by atoms with van der Waals surface area (Å²) in [5, 5.41) is 10.1. The normalized spacial score (nSPS) is 17.5. The van der Waals surface area contributed by atoms with Gasteiger partial charge in [-0.2, -0.15) is 18.3 Å². The van der Waals surface area contributed by atoms with Gasteiger partial charge in [-0.25, -0.2) is 4.68 Å². The highest BCUT2D eigenvalue weighted by atomic mass is 35.5. The lowest BCUT2D eigenvalue weighted by Crippen LogP contribution is -2.36. The molecule has 2 N–H and O–H groups in total. The molecular weight excluding hydrogens is 496 g/mol. The predicted molar refractivity (Wildman–Crippen MR) is 122 cm³/mol. The molecule has 0 saturated heterocycles. The van der Waals surface area contributed by atoms with Gasteiger partial charge in [-0.15, -0.1) is 0 Å². The van der Waals surface area contributed by atoms with E-state index < -0.39 is 24.2 Å². The molecule has 3 aromatic rings. The highest BCUT2D eigenvalue weighted by Crippen LogP contribution is 2.45. The summed E-state index contributed by atoms with van der Waals surface area (Å²) in [6.45, 7) is 0.